The molecule has 0 amide bonds. The Morgan fingerprint density at radius 2 is 1.88 bits per heavy atom. The van der Waals surface area contributed by atoms with Crippen LogP contribution in [0.4, 0.5) is 24.8 Å². The van der Waals surface area contributed by atoms with Crippen molar-refractivity contribution < 1.29 is 13.2 Å². The van der Waals surface area contributed by atoms with Crippen molar-refractivity contribution in [2.45, 2.75) is 11.3 Å². The predicted molar refractivity (Wildman–Crippen MR) is 56.7 cm³/mol. The first kappa shape index (κ1) is 13.4. The first-order valence-corrected chi connectivity index (χ1v) is 5.30. The van der Waals surface area contributed by atoms with E-state index in [9.17, 15) is 13.2 Å². The van der Waals surface area contributed by atoms with Crippen LogP contribution in [0.2, 0.25) is 0 Å². The minimum absolute atomic E-state index is 0.0204. The number of halogens is 3. The molecule has 17 heavy (non-hydrogen) atoms. The summed E-state index contributed by atoms with van der Waals surface area (Å²) in [5.74, 6) is -2.43. The van der Waals surface area contributed by atoms with Crippen LogP contribution in [0.25, 0.3) is 0 Å². The van der Waals surface area contributed by atoms with Gasteiger partial charge in [0.05, 0.1) is 6.07 Å². The number of aromatic nitrogens is 2. The lowest BCUT2D eigenvalue weighted by atomic mass is 10.2. The summed E-state index contributed by atoms with van der Waals surface area (Å²) in [5.41, 5.74) is 10.7. The van der Waals surface area contributed by atoms with Gasteiger partial charge in [-0.2, -0.15) is 18.4 Å². The standard InChI is InChI=1S/C8H8F3N5S/c9-8(10,11)4(2-12)3-17-7-15-5(13)1-6(14)16-7/h1,4H,3H2,(H4,13,14,15,16). The Kier molecular flexibility index (Phi) is 4.01. The first-order chi connectivity index (χ1) is 7.82. The van der Waals surface area contributed by atoms with Gasteiger partial charge in [-0.25, -0.2) is 9.97 Å². The average Bonchev–Trinajstić information content (AvgIpc) is 2.14. The zero-order chi connectivity index (χ0) is 13.1. The Bertz CT molecular complexity index is 422. The van der Waals surface area contributed by atoms with E-state index in [2.05, 4.69) is 9.97 Å². The third-order valence-corrected chi connectivity index (χ3v) is 2.62. The zero-order valence-corrected chi connectivity index (χ0v) is 9.22. The van der Waals surface area contributed by atoms with E-state index in [0.717, 1.165) is 0 Å². The molecule has 0 aliphatic heterocycles. The number of nitriles is 1. The summed E-state index contributed by atoms with van der Waals surface area (Å²) in [6.45, 7) is 0. The number of thioether (sulfide) groups is 1. The van der Waals surface area contributed by atoms with Gasteiger partial charge in [0.15, 0.2) is 11.1 Å². The highest BCUT2D eigenvalue weighted by atomic mass is 32.2. The average molecular weight is 263 g/mol. The van der Waals surface area contributed by atoms with E-state index < -0.39 is 17.8 Å². The molecule has 4 N–H and O–H groups in total. The maximum atomic E-state index is 12.3. The van der Waals surface area contributed by atoms with Gasteiger partial charge in [-0.15, -0.1) is 0 Å². The Hall–Kier alpha value is -1.69. The highest BCUT2D eigenvalue weighted by Gasteiger charge is 2.39. The summed E-state index contributed by atoms with van der Waals surface area (Å²) < 4.78 is 36.8. The van der Waals surface area contributed by atoms with Crippen molar-refractivity contribution in [1.29, 1.82) is 5.26 Å². The summed E-state index contributed by atoms with van der Waals surface area (Å²) in [7, 11) is 0. The summed E-state index contributed by atoms with van der Waals surface area (Å²) >= 11 is 0.684. The Balaban J connectivity index is 2.70. The van der Waals surface area contributed by atoms with Crippen molar-refractivity contribution >= 4 is 23.4 Å². The molecule has 0 bridgehead atoms. The first-order valence-electron chi connectivity index (χ1n) is 4.32. The number of hydrogen-bond acceptors (Lipinski definition) is 6. The minimum Gasteiger partial charge on any atom is -0.383 e. The molecule has 9 heteroatoms. The van der Waals surface area contributed by atoms with E-state index in [1.807, 2.05) is 0 Å². The fourth-order valence-electron chi connectivity index (χ4n) is 0.889. The van der Waals surface area contributed by atoms with Gasteiger partial charge in [0.2, 0.25) is 0 Å². The van der Waals surface area contributed by atoms with Crippen molar-refractivity contribution in [2.24, 2.45) is 5.92 Å². The van der Waals surface area contributed by atoms with E-state index in [1.54, 1.807) is 0 Å². The van der Waals surface area contributed by atoms with Crippen LogP contribution in [0.1, 0.15) is 0 Å². The molecule has 1 unspecified atom stereocenters. The van der Waals surface area contributed by atoms with E-state index in [4.69, 9.17) is 16.7 Å². The lowest BCUT2D eigenvalue weighted by Crippen LogP contribution is -2.23. The van der Waals surface area contributed by atoms with Gasteiger partial charge in [0, 0.05) is 11.8 Å². The van der Waals surface area contributed by atoms with Gasteiger partial charge in [-0.05, 0) is 0 Å². The Morgan fingerprint density at radius 3 is 2.29 bits per heavy atom. The van der Waals surface area contributed by atoms with E-state index in [-0.39, 0.29) is 16.8 Å². The number of nitrogens with zero attached hydrogens (tertiary/aromatic N) is 3. The minimum atomic E-state index is -4.56. The fraction of sp³-hybridized carbons (Fsp3) is 0.375. The van der Waals surface area contributed by atoms with Gasteiger partial charge in [-0.3, -0.25) is 0 Å². The molecule has 0 fully saturated rings. The molecule has 0 saturated heterocycles. The maximum absolute atomic E-state index is 12.3. The molecule has 1 atom stereocenters. The van der Waals surface area contributed by atoms with Crippen molar-refractivity contribution in [3.63, 3.8) is 0 Å². The van der Waals surface area contributed by atoms with E-state index in [1.165, 1.54) is 12.1 Å². The van der Waals surface area contributed by atoms with Gasteiger partial charge in [0.25, 0.3) is 0 Å². The Labute approximate surface area is 99.0 Å². The lowest BCUT2D eigenvalue weighted by Gasteiger charge is -2.11. The van der Waals surface area contributed by atoms with Gasteiger partial charge in [-0.1, -0.05) is 11.8 Å². The smallest absolute Gasteiger partial charge is 0.383 e. The number of nitrogens with two attached hydrogens (primary N) is 2. The van der Waals surface area contributed by atoms with Crippen molar-refractivity contribution in [3.8, 4) is 6.07 Å². The number of rotatable bonds is 3. The van der Waals surface area contributed by atoms with Gasteiger partial charge < -0.3 is 11.5 Å². The van der Waals surface area contributed by atoms with Crippen LogP contribution in [0.3, 0.4) is 0 Å². The number of hydrogen-bond donors (Lipinski definition) is 2. The molecular formula is C8H8F3N5S. The van der Waals surface area contributed by atoms with Gasteiger partial charge >= 0.3 is 6.18 Å². The highest BCUT2D eigenvalue weighted by molar-refractivity contribution is 7.99. The summed E-state index contributed by atoms with van der Waals surface area (Å²) in [5, 5.41) is 8.40. The molecule has 0 radical (unpaired) electrons. The molecule has 5 nitrogen and oxygen atoms in total. The molecule has 0 saturated carbocycles. The lowest BCUT2D eigenvalue weighted by molar-refractivity contribution is -0.152. The molecule has 1 aromatic heterocycles. The zero-order valence-electron chi connectivity index (χ0n) is 8.40. The molecule has 0 spiro atoms. The maximum Gasteiger partial charge on any atom is 0.405 e. The van der Waals surface area contributed by atoms with Crippen LogP contribution in [0, 0.1) is 17.2 Å². The van der Waals surface area contributed by atoms with Crippen LogP contribution >= 0.6 is 11.8 Å². The Morgan fingerprint density at radius 1 is 1.35 bits per heavy atom. The molecule has 92 valence electrons. The third kappa shape index (κ3) is 3.99. The number of alkyl halides is 3. The van der Waals surface area contributed by atoms with Crippen LogP contribution in [0.5, 0.6) is 0 Å². The predicted octanol–water partition coefficient (Wildman–Crippen LogP) is 1.44. The normalized spacial score (nSPS) is 13.1. The van der Waals surface area contributed by atoms with Crippen LogP contribution in [0.15, 0.2) is 11.2 Å². The second kappa shape index (κ2) is 5.09. The van der Waals surface area contributed by atoms with Crippen molar-refractivity contribution in [2.75, 3.05) is 17.2 Å². The van der Waals surface area contributed by atoms with E-state index >= 15 is 0 Å². The van der Waals surface area contributed by atoms with Crippen molar-refractivity contribution in [3.05, 3.63) is 6.07 Å². The molecule has 1 heterocycles. The second-order valence-electron chi connectivity index (χ2n) is 3.03. The molecule has 0 aromatic carbocycles. The monoisotopic (exact) mass is 263 g/mol. The van der Waals surface area contributed by atoms with E-state index in [0.29, 0.717) is 11.8 Å². The molecule has 0 aliphatic carbocycles. The topological polar surface area (TPSA) is 102 Å². The van der Waals surface area contributed by atoms with Crippen molar-refractivity contribution in [1.82, 2.24) is 9.97 Å². The largest absolute Gasteiger partial charge is 0.405 e. The number of nitrogen functional groups attached to an aromatic ring is 2. The molecule has 0 aliphatic rings. The van der Waals surface area contributed by atoms with Crippen LogP contribution in [-0.4, -0.2) is 21.9 Å². The summed E-state index contributed by atoms with van der Waals surface area (Å²) in [6, 6.07) is 2.46. The number of anilines is 2. The van der Waals surface area contributed by atoms with Gasteiger partial charge in [0.1, 0.15) is 11.6 Å². The second-order valence-corrected chi connectivity index (χ2v) is 4.02. The summed E-state index contributed by atoms with van der Waals surface area (Å²) in [4.78, 5) is 7.39. The van der Waals surface area contributed by atoms with Crippen LogP contribution in [-0.2, 0) is 0 Å². The quantitative estimate of drug-likeness (QED) is 0.632. The summed E-state index contributed by atoms with van der Waals surface area (Å²) in [6.07, 6.45) is -4.56. The SMILES string of the molecule is N#CC(CSc1nc(N)cc(N)n1)C(F)(F)F. The molecular weight excluding hydrogens is 255 g/mol. The third-order valence-electron chi connectivity index (χ3n) is 1.68. The molecule has 1 aromatic rings. The molecule has 1 rings (SSSR count). The van der Waals surface area contributed by atoms with Crippen LogP contribution < -0.4 is 11.5 Å². The fourth-order valence-corrected chi connectivity index (χ4v) is 1.81. The highest BCUT2D eigenvalue weighted by Crippen LogP contribution is 2.30.